The number of H-pyrrole nitrogens is 1. The third-order valence-electron chi connectivity index (χ3n) is 5.69. The van der Waals surface area contributed by atoms with E-state index >= 15 is 0 Å². The average molecular weight is 510 g/mol. The van der Waals surface area contributed by atoms with Crippen LogP contribution in [0.3, 0.4) is 0 Å². The van der Waals surface area contributed by atoms with Crippen LogP contribution < -0.4 is 25.0 Å². The van der Waals surface area contributed by atoms with Crippen molar-refractivity contribution in [2.24, 2.45) is 0 Å². The van der Waals surface area contributed by atoms with Crippen molar-refractivity contribution in [1.29, 1.82) is 0 Å². The minimum atomic E-state index is -3.46. The summed E-state index contributed by atoms with van der Waals surface area (Å²) in [5, 5.41) is 6.49. The molecule has 5 rings (SSSR count). The number of fused-ring (bicyclic) bond motifs is 1. The smallest absolute Gasteiger partial charge is 0.229 e. The molecule has 0 spiro atoms. The molecule has 3 heterocycles. The molecule has 4 aromatic rings. The van der Waals surface area contributed by atoms with Gasteiger partial charge in [0.05, 0.1) is 49.2 Å². The number of methoxy groups -OCH3 is 1. The summed E-state index contributed by atoms with van der Waals surface area (Å²) in [6, 6.07) is 14.8. The maximum absolute atomic E-state index is 11.8. The van der Waals surface area contributed by atoms with Crippen molar-refractivity contribution in [3.8, 4) is 5.75 Å². The topological polar surface area (TPSA) is 134 Å². The van der Waals surface area contributed by atoms with Crippen LogP contribution in [0.15, 0.2) is 54.7 Å². The summed E-state index contributed by atoms with van der Waals surface area (Å²) in [5.74, 6) is 1.50. The van der Waals surface area contributed by atoms with Gasteiger partial charge in [-0.15, -0.1) is 0 Å². The number of sulfonamides is 1. The minimum Gasteiger partial charge on any atom is -0.494 e. The van der Waals surface area contributed by atoms with E-state index in [-0.39, 0.29) is 0 Å². The zero-order valence-electron chi connectivity index (χ0n) is 19.9. The molecule has 0 unspecified atom stereocenters. The maximum Gasteiger partial charge on any atom is 0.229 e. The second-order valence-electron chi connectivity index (χ2n) is 8.29. The first-order valence-corrected chi connectivity index (χ1v) is 13.3. The molecule has 0 bridgehead atoms. The molecule has 2 aromatic carbocycles. The van der Waals surface area contributed by atoms with Crippen molar-refractivity contribution < 1.29 is 17.9 Å². The summed E-state index contributed by atoms with van der Waals surface area (Å²) in [4.78, 5) is 14.7. The largest absolute Gasteiger partial charge is 0.494 e. The Labute approximate surface area is 208 Å². The molecule has 0 saturated carbocycles. The first-order chi connectivity index (χ1) is 17.4. The number of aromatic nitrogens is 3. The van der Waals surface area contributed by atoms with E-state index in [1.165, 1.54) is 0 Å². The molecule has 4 N–H and O–H groups in total. The van der Waals surface area contributed by atoms with E-state index < -0.39 is 10.0 Å². The molecule has 0 atom stereocenters. The first kappa shape index (κ1) is 23.7. The van der Waals surface area contributed by atoms with Gasteiger partial charge in [-0.1, -0.05) is 12.1 Å². The standard InChI is InChI=1S/C24H27N7O4S/c1-34-21-15-16(31-11-13-35-14-12-31)7-8-19(21)27-24-28-20-9-10-25-22(20)23(29-24)26-17-5-3-4-6-18(17)30-36(2,32)33/h3-10,15,25,30H,11-14H2,1-2H3,(H2,26,27,28,29). The zero-order valence-corrected chi connectivity index (χ0v) is 20.7. The molecule has 1 aliphatic rings. The molecule has 1 saturated heterocycles. The number of para-hydroxylation sites is 2. The second-order valence-corrected chi connectivity index (χ2v) is 10.0. The molecule has 188 valence electrons. The quantitative estimate of drug-likeness (QED) is 0.281. The SMILES string of the molecule is COc1cc(N2CCOCC2)ccc1Nc1nc(Nc2ccccc2NS(C)(=O)=O)c2[nH]ccc2n1. The monoisotopic (exact) mass is 509 g/mol. The number of nitrogens with zero attached hydrogens (tertiary/aromatic N) is 3. The van der Waals surface area contributed by atoms with Gasteiger partial charge in [0.2, 0.25) is 16.0 Å². The van der Waals surface area contributed by atoms with Gasteiger partial charge >= 0.3 is 0 Å². The van der Waals surface area contributed by atoms with Crippen LogP contribution in [0, 0.1) is 0 Å². The van der Waals surface area contributed by atoms with Gasteiger partial charge in [0.15, 0.2) is 5.82 Å². The number of anilines is 6. The van der Waals surface area contributed by atoms with Crippen LogP contribution in [-0.2, 0) is 14.8 Å². The van der Waals surface area contributed by atoms with Crippen LogP contribution in [0.2, 0.25) is 0 Å². The van der Waals surface area contributed by atoms with Crippen LogP contribution in [0.4, 0.5) is 34.5 Å². The Balaban J connectivity index is 1.46. The number of benzene rings is 2. The van der Waals surface area contributed by atoms with Gasteiger partial charge in [-0.3, -0.25) is 4.72 Å². The molecule has 0 amide bonds. The molecule has 36 heavy (non-hydrogen) atoms. The molecule has 0 aliphatic carbocycles. The Morgan fingerprint density at radius 1 is 1.00 bits per heavy atom. The summed E-state index contributed by atoms with van der Waals surface area (Å²) in [5.41, 5.74) is 4.11. The summed E-state index contributed by atoms with van der Waals surface area (Å²) < 4.78 is 37.3. The van der Waals surface area contributed by atoms with Gasteiger partial charge in [0, 0.05) is 31.0 Å². The Bertz CT molecular complexity index is 1480. The Morgan fingerprint density at radius 3 is 2.53 bits per heavy atom. The Morgan fingerprint density at radius 2 is 1.78 bits per heavy atom. The van der Waals surface area contributed by atoms with E-state index in [0.29, 0.717) is 53.1 Å². The van der Waals surface area contributed by atoms with Gasteiger partial charge in [0.25, 0.3) is 0 Å². The van der Waals surface area contributed by atoms with E-state index in [1.807, 2.05) is 30.3 Å². The van der Waals surface area contributed by atoms with Crippen molar-refractivity contribution in [3.63, 3.8) is 0 Å². The van der Waals surface area contributed by atoms with Gasteiger partial charge in [-0.05, 0) is 30.3 Å². The number of aromatic amines is 1. The number of rotatable bonds is 8. The molecule has 2 aromatic heterocycles. The summed E-state index contributed by atoms with van der Waals surface area (Å²) in [7, 11) is -1.84. The molecule has 0 radical (unpaired) electrons. The fourth-order valence-corrected chi connectivity index (χ4v) is 4.60. The van der Waals surface area contributed by atoms with E-state index in [4.69, 9.17) is 9.47 Å². The van der Waals surface area contributed by atoms with Crippen molar-refractivity contribution in [2.75, 3.05) is 59.9 Å². The van der Waals surface area contributed by atoms with Gasteiger partial charge in [0.1, 0.15) is 11.3 Å². The van der Waals surface area contributed by atoms with E-state index in [0.717, 1.165) is 30.7 Å². The van der Waals surface area contributed by atoms with E-state index in [1.54, 1.807) is 31.5 Å². The molecule has 1 fully saturated rings. The average Bonchev–Trinajstić information content (AvgIpc) is 3.34. The Kier molecular flexibility index (Phi) is 6.53. The highest BCUT2D eigenvalue weighted by atomic mass is 32.2. The van der Waals surface area contributed by atoms with E-state index in [2.05, 4.69) is 35.2 Å². The highest BCUT2D eigenvalue weighted by Gasteiger charge is 2.16. The van der Waals surface area contributed by atoms with Crippen LogP contribution in [-0.4, -0.2) is 63.0 Å². The van der Waals surface area contributed by atoms with Gasteiger partial charge in [-0.25, -0.2) is 13.4 Å². The van der Waals surface area contributed by atoms with Crippen molar-refractivity contribution in [3.05, 3.63) is 54.7 Å². The first-order valence-electron chi connectivity index (χ1n) is 11.4. The molecular formula is C24H27N7O4S. The van der Waals surface area contributed by atoms with Crippen LogP contribution in [0.5, 0.6) is 5.75 Å². The number of hydrogen-bond acceptors (Lipinski definition) is 9. The van der Waals surface area contributed by atoms with Crippen molar-refractivity contribution in [1.82, 2.24) is 15.0 Å². The Hall–Kier alpha value is -4.03. The highest BCUT2D eigenvalue weighted by Crippen LogP contribution is 2.34. The zero-order chi connectivity index (χ0) is 25.1. The van der Waals surface area contributed by atoms with Crippen molar-refractivity contribution >= 4 is 55.6 Å². The van der Waals surface area contributed by atoms with E-state index in [9.17, 15) is 8.42 Å². The lowest BCUT2D eigenvalue weighted by Gasteiger charge is -2.29. The third kappa shape index (κ3) is 5.29. The lowest BCUT2D eigenvalue weighted by Crippen LogP contribution is -2.36. The molecular weight excluding hydrogens is 482 g/mol. The lowest BCUT2D eigenvalue weighted by molar-refractivity contribution is 0.122. The fourth-order valence-electron chi connectivity index (χ4n) is 4.02. The van der Waals surface area contributed by atoms with Crippen molar-refractivity contribution in [2.45, 2.75) is 0 Å². The lowest BCUT2D eigenvalue weighted by atomic mass is 10.2. The van der Waals surface area contributed by atoms with Crippen LogP contribution >= 0.6 is 0 Å². The predicted octanol–water partition coefficient (Wildman–Crippen LogP) is 3.66. The number of morpholine rings is 1. The maximum atomic E-state index is 11.8. The third-order valence-corrected chi connectivity index (χ3v) is 6.28. The van der Waals surface area contributed by atoms with Crippen LogP contribution in [0.1, 0.15) is 0 Å². The second kappa shape index (κ2) is 9.91. The minimum absolute atomic E-state index is 0.357. The summed E-state index contributed by atoms with van der Waals surface area (Å²) in [6.07, 6.45) is 2.88. The summed E-state index contributed by atoms with van der Waals surface area (Å²) in [6.45, 7) is 3.05. The number of ether oxygens (including phenoxy) is 2. The fraction of sp³-hybridized carbons (Fsp3) is 0.250. The number of nitrogens with one attached hydrogen (secondary N) is 4. The van der Waals surface area contributed by atoms with Crippen LogP contribution in [0.25, 0.3) is 11.0 Å². The molecule has 11 nitrogen and oxygen atoms in total. The highest BCUT2D eigenvalue weighted by molar-refractivity contribution is 7.92. The predicted molar refractivity (Wildman–Crippen MR) is 141 cm³/mol. The normalized spacial score (nSPS) is 14.0. The number of hydrogen-bond donors (Lipinski definition) is 4. The van der Waals surface area contributed by atoms with Gasteiger partial charge < -0.3 is 30.0 Å². The summed E-state index contributed by atoms with van der Waals surface area (Å²) >= 11 is 0. The molecule has 1 aliphatic heterocycles. The molecule has 12 heteroatoms. The van der Waals surface area contributed by atoms with Gasteiger partial charge in [-0.2, -0.15) is 4.98 Å².